The Morgan fingerprint density at radius 2 is 1.67 bits per heavy atom. The molecule has 7 nitrogen and oxygen atoms in total. The van der Waals surface area contributed by atoms with E-state index in [1.807, 2.05) is 16.8 Å². The molecule has 0 saturated heterocycles. The summed E-state index contributed by atoms with van der Waals surface area (Å²) in [4.78, 5) is 30.6. The van der Waals surface area contributed by atoms with Crippen LogP contribution in [0.1, 0.15) is 38.1 Å². The fraction of sp³-hybridized carbons (Fsp3) is 0.300. The van der Waals surface area contributed by atoms with Gasteiger partial charge in [0.05, 0.1) is 28.0 Å². The van der Waals surface area contributed by atoms with E-state index in [0.29, 0.717) is 27.6 Å². The van der Waals surface area contributed by atoms with Crippen LogP contribution in [0, 0.1) is 0 Å². The first-order valence-corrected chi connectivity index (χ1v) is 9.29. The molecule has 1 fully saturated rings. The molecule has 0 aromatic carbocycles. The van der Waals surface area contributed by atoms with Crippen molar-refractivity contribution in [1.29, 1.82) is 0 Å². The molecule has 1 aliphatic rings. The molecule has 0 aliphatic heterocycles. The molecular formula is C20H19N5O2. The van der Waals surface area contributed by atoms with Crippen LogP contribution >= 0.6 is 0 Å². The lowest BCUT2D eigenvalue weighted by molar-refractivity contribution is 0.347. The van der Waals surface area contributed by atoms with Gasteiger partial charge in [0.2, 0.25) is 0 Å². The lowest BCUT2D eigenvalue weighted by Gasteiger charge is -2.24. The van der Waals surface area contributed by atoms with Crippen molar-refractivity contribution in [3.63, 3.8) is 0 Å². The van der Waals surface area contributed by atoms with Crippen molar-refractivity contribution in [3.8, 4) is 5.82 Å². The number of aromatic nitrogens is 5. The molecule has 4 aromatic heterocycles. The van der Waals surface area contributed by atoms with Crippen molar-refractivity contribution in [2.45, 2.75) is 38.1 Å². The van der Waals surface area contributed by atoms with Crippen LogP contribution in [0.4, 0.5) is 0 Å². The number of rotatable bonds is 2. The molecule has 1 aliphatic carbocycles. The number of pyridine rings is 3. The molecule has 136 valence electrons. The third kappa shape index (κ3) is 2.58. The summed E-state index contributed by atoms with van der Waals surface area (Å²) in [5, 5.41) is 7.60. The van der Waals surface area contributed by atoms with Crippen LogP contribution in [0.5, 0.6) is 0 Å². The van der Waals surface area contributed by atoms with Crippen LogP contribution in [-0.2, 0) is 0 Å². The lowest BCUT2D eigenvalue weighted by atomic mass is 9.95. The molecule has 0 atom stereocenters. The second-order valence-electron chi connectivity index (χ2n) is 7.11. The third-order valence-electron chi connectivity index (χ3n) is 5.48. The van der Waals surface area contributed by atoms with Gasteiger partial charge in [0.1, 0.15) is 5.82 Å². The topological polar surface area (TPSA) is 85.6 Å². The van der Waals surface area contributed by atoms with Crippen LogP contribution in [0.3, 0.4) is 0 Å². The van der Waals surface area contributed by atoms with E-state index in [-0.39, 0.29) is 17.2 Å². The minimum atomic E-state index is -0.224. The predicted molar refractivity (Wildman–Crippen MR) is 103 cm³/mol. The van der Waals surface area contributed by atoms with Crippen molar-refractivity contribution in [1.82, 2.24) is 24.3 Å². The highest BCUT2D eigenvalue weighted by Crippen LogP contribution is 2.27. The zero-order chi connectivity index (χ0) is 18.4. The summed E-state index contributed by atoms with van der Waals surface area (Å²) in [6.07, 6.45) is 10.7. The standard InChI is InChI=1S/C20H19N5O2/c26-19-14-12-15-17(8-11-25(20(15)27)18-6-9-21-23-18)22-16(14)7-10-24(19)13-4-2-1-3-5-13/h6-13H,1-5H2,(H,21,23). The normalized spacial score (nSPS) is 15.6. The fourth-order valence-corrected chi connectivity index (χ4v) is 4.06. The van der Waals surface area contributed by atoms with Gasteiger partial charge in [-0.05, 0) is 31.0 Å². The number of hydrogen-bond acceptors (Lipinski definition) is 4. The van der Waals surface area contributed by atoms with E-state index in [0.717, 1.165) is 25.7 Å². The predicted octanol–water partition coefficient (Wildman–Crippen LogP) is 2.93. The maximum absolute atomic E-state index is 13.1. The van der Waals surface area contributed by atoms with Gasteiger partial charge in [-0.25, -0.2) is 4.98 Å². The van der Waals surface area contributed by atoms with Gasteiger partial charge in [-0.1, -0.05) is 19.3 Å². The highest BCUT2D eigenvalue weighted by atomic mass is 16.1. The van der Waals surface area contributed by atoms with Crippen LogP contribution in [0.15, 0.2) is 52.4 Å². The van der Waals surface area contributed by atoms with Crippen LogP contribution in [-0.4, -0.2) is 24.3 Å². The van der Waals surface area contributed by atoms with E-state index in [1.54, 1.807) is 30.6 Å². The van der Waals surface area contributed by atoms with E-state index in [2.05, 4.69) is 15.2 Å². The Bertz CT molecular complexity index is 1250. The first kappa shape index (κ1) is 16.0. The molecule has 1 saturated carbocycles. The van der Waals surface area contributed by atoms with E-state index >= 15 is 0 Å². The van der Waals surface area contributed by atoms with Crippen LogP contribution in [0.25, 0.3) is 27.6 Å². The highest BCUT2D eigenvalue weighted by Gasteiger charge is 2.18. The Kier molecular flexibility index (Phi) is 3.67. The molecule has 0 amide bonds. The number of nitrogens with one attached hydrogen (secondary N) is 1. The fourth-order valence-electron chi connectivity index (χ4n) is 4.06. The summed E-state index contributed by atoms with van der Waals surface area (Å²) in [5.74, 6) is 0.578. The van der Waals surface area contributed by atoms with E-state index in [4.69, 9.17) is 0 Å². The summed E-state index contributed by atoms with van der Waals surface area (Å²) in [6, 6.07) is 7.31. The average molecular weight is 361 g/mol. The van der Waals surface area contributed by atoms with Gasteiger partial charge in [0, 0.05) is 24.5 Å². The lowest BCUT2D eigenvalue weighted by Crippen LogP contribution is -2.26. The summed E-state index contributed by atoms with van der Waals surface area (Å²) < 4.78 is 3.30. The number of hydrogen-bond donors (Lipinski definition) is 1. The molecule has 4 heterocycles. The Balaban J connectivity index is 1.73. The first-order chi connectivity index (χ1) is 13.2. The number of nitrogens with zero attached hydrogens (tertiary/aromatic N) is 4. The quantitative estimate of drug-likeness (QED) is 0.556. The van der Waals surface area contributed by atoms with Gasteiger partial charge >= 0.3 is 0 Å². The molecular weight excluding hydrogens is 342 g/mol. The summed E-state index contributed by atoms with van der Waals surface area (Å²) in [5.41, 5.74) is 0.917. The Hall–Kier alpha value is -3.22. The Morgan fingerprint density at radius 3 is 2.41 bits per heavy atom. The average Bonchev–Trinajstić information content (AvgIpc) is 3.23. The van der Waals surface area contributed by atoms with Gasteiger partial charge in [-0.2, -0.15) is 5.10 Å². The Morgan fingerprint density at radius 1 is 0.926 bits per heavy atom. The third-order valence-corrected chi connectivity index (χ3v) is 5.48. The monoisotopic (exact) mass is 361 g/mol. The molecule has 0 radical (unpaired) electrons. The maximum atomic E-state index is 13.1. The molecule has 4 aromatic rings. The van der Waals surface area contributed by atoms with Gasteiger partial charge < -0.3 is 4.57 Å². The van der Waals surface area contributed by atoms with Crippen molar-refractivity contribution in [2.75, 3.05) is 0 Å². The molecule has 5 rings (SSSR count). The van der Waals surface area contributed by atoms with Crippen LogP contribution in [0.2, 0.25) is 0 Å². The van der Waals surface area contributed by atoms with Gasteiger partial charge in [-0.15, -0.1) is 0 Å². The summed E-state index contributed by atoms with van der Waals surface area (Å²) in [6.45, 7) is 0. The zero-order valence-corrected chi connectivity index (χ0v) is 14.8. The number of H-pyrrole nitrogens is 1. The van der Waals surface area contributed by atoms with E-state index < -0.39 is 0 Å². The number of aromatic amines is 1. The van der Waals surface area contributed by atoms with Crippen molar-refractivity contribution < 1.29 is 0 Å². The first-order valence-electron chi connectivity index (χ1n) is 9.29. The Labute approximate surface area is 154 Å². The van der Waals surface area contributed by atoms with E-state index in [9.17, 15) is 9.59 Å². The molecule has 1 N–H and O–H groups in total. The molecule has 0 spiro atoms. The zero-order valence-electron chi connectivity index (χ0n) is 14.8. The number of fused-ring (bicyclic) bond motifs is 2. The highest BCUT2D eigenvalue weighted by molar-refractivity contribution is 5.91. The van der Waals surface area contributed by atoms with Crippen molar-refractivity contribution in [3.05, 3.63) is 63.6 Å². The second kappa shape index (κ2) is 6.19. The molecule has 0 unspecified atom stereocenters. The minimum absolute atomic E-state index is 0.0647. The summed E-state index contributed by atoms with van der Waals surface area (Å²) in [7, 11) is 0. The van der Waals surface area contributed by atoms with Crippen LogP contribution < -0.4 is 11.1 Å². The summed E-state index contributed by atoms with van der Waals surface area (Å²) >= 11 is 0. The second-order valence-corrected chi connectivity index (χ2v) is 7.11. The molecule has 7 heteroatoms. The van der Waals surface area contributed by atoms with Gasteiger partial charge in [0.25, 0.3) is 11.1 Å². The largest absolute Gasteiger partial charge is 0.312 e. The van der Waals surface area contributed by atoms with Gasteiger partial charge in [0.15, 0.2) is 0 Å². The minimum Gasteiger partial charge on any atom is -0.312 e. The van der Waals surface area contributed by atoms with Gasteiger partial charge in [-0.3, -0.25) is 19.3 Å². The van der Waals surface area contributed by atoms with Crippen molar-refractivity contribution >= 4 is 21.8 Å². The van der Waals surface area contributed by atoms with E-state index in [1.165, 1.54) is 11.0 Å². The van der Waals surface area contributed by atoms with Crippen molar-refractivity contribution in [2.24, 2.45) is 0 Å². The molecule has 0 bridgehead atoms. The maximum Gasteiger partial charge on any atom is 0.265 e. The SMILES string of the molecule is O=c1c2cc3c(=O)n(C4CCCCC4)ccc3nc2ccn1-c1ccn[nH]1. The smallest absolute Gasteiger partial charge is 0.265 e. The molecule has 27 heavy (non-hydrogen) atoms.